The van der Waals surface area contributed by atoms with Gasteiger partial charge >= 0.3 is 0 Å². The third-order valence-corrected chi connectivity index (χ3v) is 7.00. The monoisotopic (exact) mass is 473 g/mol. The maximum Gasteiger partial charge on any atom is 0.224 e. The number of carbonyl (C=O) groups excluding carboxylic acids is 1. The van der Waals surface area contributed by atoms with Gasteiger partial charge in [-0.3, -0.25) is 4.79 Å². The van der Waals surface area contributed by atoms with Gasteiger partial charge in [0.15, 0.2) is 0 Å². The molecule has 1 amide bonds. The summed E-state index contributed by atoms with van der Waals surface area (Å²) in [6, 6.07) is 14.7. The molecular formula is C25H29BrFNO2. The number of benzene rings is 2. The molecule has 0 unspecified atom stereocenters. The lowest BCUT2D eigenvalue weighted by Crippen LogP contribution is -2.57. The molecule has 5 heteroatoms. The van der Waals surface area contributed by atoms with E-state index < -0.39 is 0 Å². The number of hydrogen-bond acceptors (Lipinski definition) is 2. The van der Waals surface area contributed by atoms with Gasteiger partial charge in [-0.2, -0.15) is 0 Å². The Labute approximate surface area is 186 Å². The SMILES string of the molecule is C[C@]1(Cc2ccc(Br)cc2)C[C@@H](NC(=O)Cc2ccc(F)cc2)[C@@H]2CCCC[C@H]2O1. The van der Waals surface area contributed by atoms with Gasteiger partial charge in [0.05, 0.1) is 18.1 Å². The van der Waals surface area contributed by atoms with E-state index in [0.29, 0.717) is 5.92 Å². The molecule has 1 N–H and O–H groups in total. The minimum atomic E-state index is -0.305. The van der Waals surface area contributed by atoms with E-state index in [1.807, 2.05) is 0 Å². The molecule has 0 aromatic heterocycles. The first-order valence-corrected chi connectivity index (χ1v) is 11.7. The zero-order chi connectivity index (χ0) is 21.1. The van der Waals surface area contributed by atoms with Crippen molar-refractivity contribution in [3.8, 4) is 0 Å². The lowest BCUT2D eigenvalue weighted by Gasteiger charge is -2.49. The zero-order valence-electron chi connectivity index (χ0n) is 17.4. The quantitative estimate of drug-likeness (QED) is 0.613. The van der Waals surface area contributed by atoms with Gasteiger partial charge in [0.2, 0.25) is 5.91 Å². The smallest absolute Gasteiger partial charge is 0.224 e. The van der Waals surface area contributed by atoms with E-state index in [1.54, 1.807) is 12.1 Å². The number of rotatable bonds is 5. The molecule has 2 aromatic carbocycles. The van der Waals surface area contributed by atoms with Crippen LogP contribution in [0.25, 0.3) is 0 Å². The van der Waals surface area contributed by atoms with Gasteiger partial charge in [-0.05, 0) is 61.6 Å². The molecule has 0 bridgehead atoms. The summed E-state index contributed by atoms with van der Waals surface area (Å²) in [5.41, 5.74) is 1.77. The lowest BCUT2D eigenvalue weighted by atomic mass is 9.73. The average molecular weight is 474 g/mol. The van der Waals surface area contributed by atoms with Crippen molar-refractivity contribution in [3.63, 3.8) is 0 Å². The molecule has 2 aromatic rings. The van der Waals surface area contributed by atoms with Crippen LogP contribution >= 0.6 is 15.9 Å². The highest BCUT2D eigenvalue weighted by Crippen LogP contribution is 2.41. The van der Waals surface area contributed by atoms with E-state index in [9.17, 15) is 9.18 Å². The van der Waals surface area contributed by atoms with Crippen LogP contribution in [0, 0.1) is 11.7 Å². The molecule has 3 nitrogen and oxygen atoms in total. The van der Waals surface area contributed by atoms with Crippen molar-refractivity contribution in [2.24, 2.45) is 5.92 Å². The minimum absolute atomic E-state index is 0.00354. The minimum Gasteiger partial charge on any atom is -0.371 e. The van der Waals surface area contributed by atoms with Crippen molar-refractivity contribution in [1.82, 2.24) is 5.32 Å². The van der Waals surface area contributed by atoms with Crippen LogP contribution in [0.2, 0.25) is 0 Å². The maximum absolute atomic E-state index is 13.2. The number of fused-ring (bicyclic) bond motifs is 1. The fourth-order valence-corrected chi connectivity index (χ4v) is 5.38. The molecule has 1 heterocycles. The first kappa shape index (κ1) is 21.5. The highest BCUT2D eigenvalue weighted by molar-refractivity contribution is 9.10. The largest absolute Gasteiger partial charge is 0.371 e. The third kappa shape index (κ3) is 5.30. The summed E-state index contributed by atoms with van der Waals surface area (Å²) in [5.74, 6) is 0.0927. The van der Waals surface area contributed by atoms with Crippen LogP contribution in [-0.2, 0) is 22.4 Å². The summed E-state index contributed by atoms with van der Waals surface area (Å²) in [6.45, 7) is 2.18. The van der Waals surface area contributed by atoms with Crippen LogP contribution in [-0.4, -0.2) is 23.7 Å². The second-order valence-electron chi connectivity index (χ2n) is 9.04. The second-order valence-corrected chi connectivity index (χ2v) is 9.95. The van der Waals surface area contributed by atoms with Gasteiger partial charge in [0.25, 0.3) is 0 Å². The van der Waals surface area contributed by atoms with Gasteiger partial charge in [-0.25, -0.2) is 4.39 Å². The van der Waals surface area contributed by atoms with Crippen LogP contribution in [0.3, 0.4) is 0 Å². The highest BCUT2D eigenvalue weighted by Gasteiger charge is 2.45. The van der Waals surface area contributed by atoms with E-state index in [4.69, 9.17) is 4.74 Å². The Kier molecular flexibility index (Phi) is 6.59. The Balaban J connectivity index is 1.47. The van der Waals surface area contributed by atoms with Crippen LogP contribution in [0.1, 0.15) is 50.2 Å². The summed E-state index contributed by atoms with van der Waals surface area (Å²) in [7, 11) is 0. The van der Waals surface area contributed by atoms with Crippen LogP contribution in [0.4, 0.5) is 4.39 Å². The van der Waals surface area contributed by atoms with Crippen LogP contribution in [0.15, 0.2) is 53.0 Å². The Morgan fingerprint density at radius 1 is 1.10 bits per heavy atom. The van der Waals surface area contributed by atoms with Gasteiger partial charge in [0.1, 0.15) is 5.82 Å². The molecule has 30 heavy (non-hydrogen) atoms. The van der Waals surface area contributed by atoms with Crippen molar-refractivity contribution in [2.75, 3.05) is 0 Å². The number of halogens is 2. The predicted molar refractivity (Wildman–Crippen MR) is 120 cm³/mol. The fourth-order valence-electron chi connectivity index (χ4n) is 5.11. The molecule has 0 spiro atoms. The Morgan fingerprint density at radius 3 is 2.50 bits per heavy atom. The van der Waals surface area contributed by atoms with E-state index in [-0.39, 0.29) is 35.9 Å². The van der Waals surface area contributed by atoms with Crippen molar-refractivity contribution in [1.29, 1.82) is 0 Å². The molecule has 1 saturated heterocycles. The fraction of sp³-hybridized carbons (Fsp3) is 0.480. The average Bonchev–Trinajstić information content (AvgIpc) is 2.71. The maximum atomic E-state index is 13.2. The van der Waals surface area contributed by atoms with Gasteiger partial charge in [-0.15, -0.1) is 0 Å². The Morgan fingerprint density at radius 2 is 1.77 bits per heavy atom. The molecule has 160 valence electrons. The Hall–Kier alpha value is -1.72. The Bertz CT molecular complexity index is 870. The standard InChI is InChI=1S/C25H29BrFNO2/c1-25(15-18-6-10-19(26)11-7-18)16-22(21-4-2-3-5-23(21)30-25)28-24(29)14-17-8-12-20(27)13-9-17/h6-13,21-23H,2-5,14-16H2,1H3,(H,28,29)/t21-,22+,23+,25-/m0/s1. The van der Waals surface area contributed by atoms with Crippen LogP contribution in [0.5, 0.6) is 0 Å². The molecule has 2 aliphatic rings. The number of ether oxygens (including phenoxy) is 1. The van der Waals surface area contributed by atoms with E-state index in [0.717, 1.165) is 35.7 Å². The number of hydrogen-bond donors (Lipinski definition) is 1. The van der Waals surface area contributed by atoms with Gasteiger partial charge in [0, 0.05) is 22.9 Å². The van der Waals surface area contributed by atoms with E-state index in [2.05, 4.69) is 52.4 Å². The summed E-state index contributed by atoms with van der Waals surface area (Å²) in [5, 5.41) is 3.31. The molecule has 1 aliphatic heterocycles. The topological polar surface area (TPSA) is 38.3 Å². The summed E-state index contributed by atoms with van der Waals surface area (Å²) >= 11 is 3.50. The number of carbonyl (C=O) groups is 1. The summed E-state index contributed by atoms with van der Waals surface area (Å²) in [4.78, 5) is 12.8. The van der Waals surface area contributed by atoms with E-state index in [1.165, 1.54) is 30.5 Å². The third-order valence-electron chi connectivity index (χ3n) is 6.47. The van der Waals surface area contributed by atoms with Crippen molar-refractivity contribution < 1.29 is 13.9 Å². The summed E-state index contributed by atoms with van der Waals surface area (Å²) < 4.78 is 20.9. The molecular weight excluding hydrogens is 445 g/mol. The highest BCUT2D eigenvalue weighted by atomic mass is 79.9. The molecule has 1 aliphatic carbocycles. The van der Waals surface area contributed by atoms with Gasteiger partial charge < -0.3 is 10.1 Å². The lowest BCUT2D eigenvalue weighted by molar-refractivity contribution is -0.168. The first-order valence-electron chi connectivity index (χ1n) is 10.9. The summed E-state index contributed by atoms with van der Waals surface area (Å²) in [6.07, 6.45) is 6.64. The molecule has 2 fully saturated rings. The molecule has 4 rings (SSSR count). The number of nitrogens with one attached hydrogen (secondary N) is 1. The number of amides is 1. The zero-order valence-corrected chi connectivity index (χ0v) is 19.0. The second kappa shape index (κ2) is 9.19. The molecule has 0 radical (unpaired) electrons. The van der Waals surface area contributed by atoms with Gasteiger partial charge in [-0.1, -0.05) is 53.0 Å². The molecule has 4 atom stereocenters. The molecule has 1 saturated carbocycles. The predicted octanol–water partition coefficient (Wildman–Crippen LogP) is 5.60. The van der Waals surface area contributed by atoms with Crippen molar-refractivity contribution in [3.05, 3.63) is 69.9 Å². The first-order chi connectivity index (χ1) is 14.4. The van der Waals surface area contributed by atoms with Crippen LogP contribution < -0.4 is 5.32 Å². The van der Waals surface area contributed by atoms with E-state index >= 15 is 0 Å². The van der Waals surface area contributed by atoms with Crippen molar-refractivity contribution in [2.45, 2.75) is 69.6 Å². The van der Waals surface area contributed by atoms with Crippen molar-refractivity contribution >= 4 is 21.8 Å². The normalized spacial score (nSPS) is 28.6.